The van der Waals surface area contributed by atoms with Crippen LogP contribution in [0.5, 0.6) is 0 Å². The first-order valence-electron chi connectivity index (χ1n) is 7.20. The van der Waals surface area contributed by atoms with Gasteiger partial charge >= 0.3 is 0 Å². The highest BCUT2D eigenvalue weighted by atomic mass is 19.1. The Morgan fingerprint density at radius 2 is 2.00 bits per heavy atom. The highest BCUT2D eigenvalue weighted by Crippen LogP contribution is 2.50. The number of aryl methyl sites for hydroxylation is 1. The molecule has 3 heterocycles. The van der Waals surface area contributed by atoms with E-state index in [2.05, 4.69) is 28.8 Å². The Bertz CT molecular complexity index is 642. The van der Waals surface area contributed by atoms with Crippen LogP contribution in [0.15, 0.2) is 30.9 Å². The van der Waals surface area contributed by atoms with Gasteiger partial charge in [-0.3, -0.25) is 4.98 Å². The Morgan fingerprint density at radius 3 is 2.62 bits per heavy atom. The first-order valence-corrected chi connectivity index (χ1v) is 7.20. The van der Waals surface area contributed by atoms with Crippen molar-refractivity contribution in [1.29, 1.82) is 0 Å². The van der Waals surface area contributed by atoms with Crippen LogP contribution in [0.3, 0.4) is 0 Å². The third-order valence-electron chi connectivity index (χ3n) is 4.10. The van der Waals surface area contributed by atoms with E-state index in [1.54, 1.807) is 12.4 Å². The van der Waals surface area contributed by atoms with Gasteiger partial charge in [0.2, 0.25) is 0 Å². The number of aromatic nitrogens is 3. The maximum Gasteiger partial charge on any atom is 0.187 e. The second-order valence-corrected chi connectivity index (χ2v) is 6.11. The second-order valence-electron chi connectivity index (χ2n) is 6.11. The number of rotatable bonds is 3. The summed E-state index contributed by atoms with van der Waals surface area (Å²) in [5, 5.41) is 0. The van der Waals surface area contributed by atoms with Gasteiger partial charge in [0.05, 0.1) is 11.7 Å². The molecule has 0 amide bonds. The average Bonchev–Trinajstić information content (AvgIpc) is 2.46. The zero-order chi connectivity index (χ0) is 15.0. The Hall–Kier alpha value is -2.04. The molecule has 0 aliphatic carbocycles. The molecule has 110 valence electrons. The predicted molar refractivity (Wildman–Crippen MR) is 79.5 cm³/mol. The van der Waals surface area contributed by atoms with Crippen molar-refractivity contribution in [2.75, 3.05) is 11.4 Å². The van der Waals surface area contributed by atoms with E-state index >= 15 is 0 Å². The van der Waals surface area contributed by atoms with Crippen LogP contribution < -0.4 is 4.90 Å². The second kappa shape index (κ2) is 5.06. The summed E-state index contributed by atoms with van der Waals surface area (Å²) >= 11 is 0. The number of hydrogen-bond acceptors (Lipinski definition) is 4. The largest absolute Gasteiger partial charge is 0.346 e. The van der Waals surface area contributed by atoms with Gasteiger partial charge in [0.25, 0.3) is 0 Å². The molecule has 2 aromatic rings. The Kier molecular flexibility index (Phi) is 3.35. The Balaban J connectivity index is 2.00. The lowest BCUT2D eigenvalue weighted by Crippen LogP contribution is -2.56. The summed E-state index contributed by atoms with van der Waals surface area (Å²) in [6.07, 6.45) is 5.57. The lowest BCUT2D eigenvalue weighted by Gasteiger charge is -2.55. The molecule has 2 aromatic heterocycles. The number of halogens is 1. The lowest BCUT2D eigenvalue weighted by atomic mass is 9.72. The summed E-state index contributed by atoms with van der Waals surface area (Å²) in [7, 11) is 0. The van der Waals surface area contributed by atoms with E-state index in [0.29, 0.717) is 17.9 Å². The minimum Gasteiger partial charge on any atom is -0.346 e. The van der Waals surface area contributed by atoms with Crippen molar-refractivity contribution in [3.63, 3.8) is 0 Å². The average molecular weight is 286 g/mol. The van der Waals surface area contributed by atoms with Crippen LogP contribution in [0.2, 0.25) is 0 Å². The van der Waals surface area contributed by atoms with E-state index in [1.807, 2.05) is 24.0 Å². The third-order valence-corrected chi connectivity index (χ3v) is 4.10. The Morgan fingerprint density at radius 1 is 1.29 bits per heavy atom. The fraction of sp³-hybridized carbons (Fsp3) is 0.438. The van der Waals surface area contributed by atoms with Crippen LogP contribution >= 0.6 is 0 Å². The summed E-state index contributed by atoms with van der Waals surface area (Å²) in [4.78, 5) is 14.3. The Labute approximate surface area is 124 Å². The molecule has 1 fully saturated rings. The molecule has 0 bridgehead atoms. The molecule has 21 heavy (non-hydrogen) atoms. The molecule has 0 N–H and O–H groups in total. The molecule has 4 nitrogen and oxygen atoms in total. The molecule has 0 saturated carbocycles. The number of nitrogens with zero attached hydrogens (tertiary/aromatic N) is 4. The normalized spacial score (nSPS) is 20.2. The summed E-state index contributed by atoms with van der Waals surface area (Å²) in [6.45, 7) is 7.05. The summed E-state index contributed by atoms with van der Waals surface area (Å²) in [5.41, 5.74) is 1.68. The van der Waals surface area contributed by atoms with E-state index in [1.165, 1.54) is 6.33 Å². The minimum absolute atomic E-state index is 0.0745. The van der Waals surface area contributed by atoms with Gasteiger partial charge in [-0.25, -0.2) is 14.4 Å². The standard InChI is InChI=1S/C16H19FN4/c1-4-12-13(17)15(20-10-19-12)21-9-16(2,3)14(21)11-5-7-18-8-6-11/h5-8,10,14H,4,9H2,1-3H3/t14-/m0/s1. The molecule has 0 unspecified atom stereocenters. The SMILES string of the molecule is CCc1ncnc(N2CC(C)(C)[C@@H]2c2ccncc2)c1F. The van der Waals surface area contributed by atoms with Gasteiger partial charge < -0.3 is 4.90 Å². The van der Waals surface area contributed by atoms with Crippen molar-refractivity contribution in [2.24, 2.45) is 5.41 Å². The molecule has 0 aromatic carbocycles. The molecule has 0 spiro atoms. The lowest BCUT2D eigenvalue weighted by molar-refractivity contribution is 0.176. The van der Waals surface area contributed by atoms with Gasteiger partial charge in [-0.05, 0) is 24.1 Å². The van der Waals surface area contributed by atoms with Crippen molar-refractivity contribution in [3.05, 3.63) is 47.9 Å². The van der Waals surface area contributed by atoms with E-state index in [9.17, 15) is 4.39 Å². The fourth-order valence-corrected chi connectivity index (χ4v) is 3.14. The van der Waals surface area contributed by atoms with Gasteiger partial charge in [-0.1, -0.05) is 20.8 Å². The number of pyridine rings is 1. The van der Waals surface area contributed by atoms with Crippen LogP contribution in [0.1, 0.15) is 38.1 Å². The van der Waals surface area contributed by atoms with Gasteiger partial charge in [-0.15, -0.1) is 0 Å². The predicted octanol–water partition coefficient (Wildman–Crippen LogP) is 3.16. The maximum atomic E-state index is 14.5. The quantitative estimate of drug-likeness (QED) is 0.869. The van der Waals surface area contributed by atoms with Crippen molar-refractivity contribution >= 4 is 5.82 Å². The molecule has 1 saturated heterocycles. The van der Waals surface area contributed by atoms with Crippen LogP contribution in [-0.2, 0) is 6.42 Å². The smallest absolute Gasteiger partial charge is 0.187 e. The van der Waals surface area contributed by atoms with Gasteiger partial charge in [0.1, 0.15) is 6.33 Å². The molecular formula is C16H19FN4. The summed E-state index contributed by atoms with van der Waals surface area (Å²) in [6, 6.07) is 4.08. The van der Waals surface area contributed by atoms with Gasteiger partial charge in [0.15, 0.2) is 11.6 Å². The molecule has 1 aliphatic heterocycles. The highest BCUT2D eigenvalue weighted by molar-refractivity contribution is 5.50. The van der Waals surface area contributed by atoms with E-state index in [0.717, 1.165) is 12.1 Å². The van der Waals surface area contributed by atoms with E-state index in [-0.39, 0.29) is 17.3 Å². The molecule has 1 aliphatic rings. The summed E-state index contributed by atoms with van der Waals surface area (Å²) < 4.78 is 14.5. The molecular weight excluding hydrogens is 267 g/mol. The summed E-state index contributed by atoms with van der Waals surface area (Å²) in [5.74, 6) is 0.109. The maximum absolute atomic E-state index is 14.5. The van der Waals surface area contributed by atoms with E-state index in [4.69, 9.17) is 0 Å². The van der Waals surface area contributed by atoms with Crippen molar-refractivity contribution < 1.29 is 4.39 Å². The van der Waals surface area contributed by atoms with Crippen LogP contribution in [0, 0.1) is 11.2 Å². The van der Waals surface area contributed by atoms with Crippen LogP contribution in [0.25, 0.3) is 0 Å². The van der Waals surface area contributed by atoms with Crippen LogP contribution in [-0.4, -0.2) is 21.5 Å². The third kappa shape index (κ3) is 2.26. The topological polar surface area (TPSA) is 41.9 Å². The fourth-order valence-electron chi connectivity index (χ4n) is 3.14. The zero-order valence-corrected chi connectivity index (χ0v) is 12.5. The van der Waals surface area contributed by atoms with Crippen molar-refractivity contribution in [3.8, 4) is 0 Å². The molecule has 3 rings (SSSR count). The number of hydrogen-bond donors (Lipinski definition) is 0. The number of anilines is 1. The molecule has 1 atom stereocenters. The van der Waals surface area contributed by atoms with E-state index < -0.39 is 0 Å². The minimum atomic E-state index is -0.297. The molecule has 5 heteroatoms. The van der Waals surface area contributed by atoms with Crippen LogP contribution in [0.4, 0.5) is 10.2 Å². The molecule has 0 radical (unpaired) electrons. The van der Waals surface area contributed by atoms with Gasteiger partial charge in [0, 0.05) is 24.4 Å². The highest BCUT2D eigenvalue weighted by Gasteiger charge is 2.48. The van der Waals surface area contributed by atoms with Crippen molar-refractivity contribution in [1.82, 2.24) is 15.0 Å². The first kappa shape index (κ1) is 13.9. The zero-order valence-electron chi connectivity index (χ0n) is 12.5. The monoisotopic (exact) mass is 286 g/mol. The first-order chi connectivity index (χ1) is 10.0. The van der Waals surface area contributed by atoms with Crippen molar-refractivity contribution in [2.45, 2.75) is 33.2 Å². The van der Waals surface area contributed by atoms with Gasteiger partial charge in [-0.2, -0.15) is 0 Å².